The van der Waals surface area contributed by atoms with E-state index in [1.165, 1.54) is 4.90 Å². The third-order valence-electron chi connectivity index (χ3n) is 3.13. The van der Waals surface area contributed by atoms with Gasteiger partial charge in [0.25, 0.3) is 5.91 Å². The fourth-order valence-corrected chi connectivity index (χ4v) is 4.54. The number of nitrogens with one attached hydrogen (secondary N) is 1. The Hall–Kier alpha value is 0.0200. The highest BCUT2D eigenvalue weighted by atomic mass is 127. The van der Waals surface area contributed by atoms with E-state index in [2.05, 4.69) is 73.1 Å². The average Bonchev–Trinajstić information content (AvgIpc) is 2.41. The minimum absolute atomic E-state index is 0.0821. The summed E-state index contributed by atoms with van der Waals surface area (Å²) in [4.78, 5) is 37.6. The lowest BCUT2D eigenvalue weighted by molar-refractivity contribution is -0.138. The Labute approximate surface area is 163 Å². The van der Waals surface area contributed by atoms with Crippen LogP contribution in [0.3, 0.4) is 0 Å². The molecule has 1 fully saturated rings. The summed E-state index contributed by atoms with van der Waals surface area (Å²) >= 11 is 6.44. The first-order valence-corrected chi connectivity index (χ1v) is 9.38. The van der Waals surface area contributed by atoms with Gasteiger partial charge in [-0.1, -0.05) is 6.92 Å². The van der Waals surface area contributed by atoms with Gasteiger partial charge in [0.2, 0.25) is 11.8 Å². The molecule has 0 aromatic heterocycles. The lowest BCUT2D eigenvalue weighted by atomic mass is 10.1. The molecule has 5 nitrogen and oxygen atoms in total. The van der Waals surface area contributed by atoms with Gasteiger partial charge in [0.15, 0.2) is 0 Å². The predicted molar refractivity (Wildman–Crippen MR) is 103 cm³/mol. The van der Waals surface area contributed by atoms with Crippen molar-refractivity contribution in [3.8, 4) is 0 Å². The Bertz CT molecular complexity index is 633. The highest BCUT2D eigenvalue weighted by Gasteiger charge is 2.36. The average molecular weight is 624 g/mol. The summed E-state index contributed by atoms with van der Waals surface area (Å²) in [5, 5.41) is 2.28. The highest BCUT2D eigenvalue weighted by molar-refractivity contribution is 14.1. The first-order chi connectivity index (χ1) is 9.85. The van der Waals surface area contributed by atoms with Crippen LogP contribution in [-0.4, -0.2) is 35.2 Å². The van der Waals surface area contributed by atoms with E-state index in [0.717, 1.165) is 10.7 Å². The summed E-state index contributed by atoms with van der Waals surface area (Å²) < 4.78 is 2.76. The van der Waals surface area contributed by atoms with Crippen LogP contribution in [0, 0.1) is 10.7 Å². The van der Waals surface area contributed by atoms with Crippen molar-refractivity contribution in [3.05, 3.63) is 28.4 Å². The fourth-order valence-electron chi connectivity index (χ4n) is 2.15. The maximum Gasteiger partial charge on any atom is 0.256 e. The number of amides is 3. The van der Waals surface area contributed by atoms with Crippen LogP contribution < -0.4 is 5.32 Å². The summed E-state index contributed by atoms with van der Waals surface area (Å²) in [7, 11) is 0. The lowest BCUT2D eigenvalue weighted by Gasteiger charge is -2.33. The van der Waals surface area contributed by atoms with Crippen LogP contribution in [0.25, 0.3) is 0 Å². The largest absolute Gasteiger partial charge is 0.317 e. The number of benzene rings is 1. The Kier molecular flexibility index (Phi) is 5.84. The number of carbonyl (C=O) groups is 3. The van der Waals surface area contributed by atoms with Gasteiger partial charge in [0, 0.05) is 10.7 Å². The zero-order valence-electron chi connectivity index (χ0n) is 11.0. The number of nitrogens with zero attached hydrogens (tertiary/aromatic N) is 1. The van der Waals surface area contributed by atoms with Gasteiger partial charge < -0.3 is 4.90 Å². The minimum atomic E-state index is -0.596. The van der Waals surface area contributed by atoms with Gasteiger partial charge in [-0.3, -0.25) is 19.7 Å². The van der Waals surface area contributed by atoms with Crippen LogP contribution in [0.2, 0.25) is 0 Å². The second kappa shape index (κ2) is 7.06. The van der Waals surface area contributed by atoms with Crippen molar-refractivity contribution >= 4 is 85.5 Å². The smallest absolute Gasteiger partial charge is 0.256 e. The van der Waals surface area contributed by atoms with Crippen molar-refractivity contribution < 1.29 is 14.4 Å². The third-order valence-corrected chi connectivity index (χ3v) is 6.79. The third kappa shape index (κ3) is 3.68. The summed E-state index contributed by atoms with van der Waals surface area (Å²) in [6.45, 7) is 1.74. The maximum atomic E-state index is 12.8. The van der Waals surface area contributed by atoms with Gasteiger partial charge in [0.1, 0.15) is 12.6 Å². The van der Waals surface area contributed by atoms with Crippen molar-refractivity contribution in [2.75, 3.05) is 6.54 Å². The van der Waals surface area contributed by atoms with Crippen molar-refractivity contribution in [1.29, 1.82) is 0 Å². The van der Waals surface area contributed by atoms with Crippen LogP contribution in [0.1, 0.15) is 23.7 Å². The Morgan fingerprint density at radius 2 is 2.00 bits per heavy atom. The van der Waals surface area contributed by atoms with Crippen LogP contribution in [0.4, 0.5) is 0 Å². The second-order valence-electron chi connectivity index (χ2n) is 4.52. The molecule has 8 heteroatoms. The molecule has 1 aliphatic rings. The van der Waals surface area contributed by atoms with E-state index in [9.17, 15) is 14.4 Å². The molecule has 1 atom stereocenters. The normalized spacial score (nSPS) is 18.7. The second-order valence-corrected chi connectivity index (χ2v) is 8.01. The molecule has 1 aromatic carbocycles. The first-order valence-electron chi connectivity index (χ1n) is 6.14. The molecule has 2 rings (SSSR count). The summed E-state index contributed by atoms with van der Waals surface area (Å²) in [6.07, 6.45) is 0.475. The number of piperazine rings is 1. The quantitative estimate of drug-likeness (QED) is 0.313. The number of hydrogen-bond donors (Lipinski definition) is 1. The monoisotopic (exact) mass is 624 g/mol. The summed E-state index contributed by atoms with van der Waals surface area (Å²) in [5.41, 5.74) is 0.535. The number of hydrogen-bond acceptors (Lipinski definition) is 3. The van der Waals surface area contributed by atoms with Gasteiger partial charge in [-0.05, 0) is 86.3 Å². The van der Waals surface area contributed by atoms with Crippen molar-refractivity contribution in [3.63, 3.8) is 0 Å². The van der Waals surface area contributed by atoms with E-state index in [-0.39, 0.29) is 12.5 Å². The van der Waals surface area contributed by atoms with Crippen LogP contribution >= 0.6 is 67.8 Å². The molecule has 1 aliphatic heterocycles. The van der Waals surface area contributed by atoms with Crippen molar-refractivity contribution in [2.45, 2.75) is 19.4 Å². The molecule has 112 valence electrons. The molecule has 0 bridgehead atoms. The molecule has 21 heavy (non-hydrogen) atoms. The molecule has 1 heterocycles. The molecule has 0 saturated carbocycles. The number of rotatable bonds is 2. The summed E-state index contributed by atoms with van der Waals surface area (Å²) in [5.74, 6) is -1.11. The standard InChI is InChI=1S/C13H11I3N2O3/c1-2-9-12(20)17-10(19)5-18(9)13(21)7-3-6(14)4-8(15)11(7)16/h3-4,9H,2,5H2,1H3,(H,17,19,20). The van der Waals surface area contributed by atoms with E-state index in [1.54, 1.807) is 6.07 Å². The Morgan fingerprint density at radius 3 is 2.62 bits per heavy atom. The van der Waals surface area contributed by atoms with Crippen molar-refractivity contribution in [2.24, 2.45) is 0 Å². The van der Waals surface area contributed by atoms with E-state index in [4.69, 9.17) is 0 Å². The molecule has 1 saturated heterocycles. The molecule has 0 aliphatic carbocycles. The van der Waals surface area contributed by atoms with E-state index >= 15 is 0 Å². The van der Waals surface area contributed by atoms with Gasteiger partial charge in [0.05, 0.1) is 5.56 Å². The minimum Gasteiger partial charge on any atom is -0.317 e. The Morgan fingerprint density at radius 1 is 1.33 bits per heavy atom. The van der Waals surface area contributed by atoms with Crippen LogP contribution in [-0.2, 0) is 9.59 Å². The molecule has 1 unspecified atom stereocenters. The first kappa shape index (κ1) is 17.4. The topological polar surface area (TPSA) is 66.5 Å². The number of carbonyl (C=O) groups excluding carboxylic acids is 3. The molecule has 3 amide bonds. The van der Waals surface area contributed by atoms with Gasteiger partial charge >= 0.3 is 0 Å². The van der Waals surface area contributed by atoms with Crippen molar-refractivity contribution in [1.82, 2.24) is 10.2 Å². The van der Waals surface area contributed by atoms with Crippen LogP contribution in [0.15, 0.2) is 12.1 Å². The maximum absolute atomic E-state index is 12.8. The fraction of sp³-hybridized carbons (Fsp3) is 0.308. The highest BCUT2D eigenvalue weighted by Crippen LogP contribution is 2.25. The van der Waals surface area contributed by atoms with E-state index in [1.807, 2.05) is 13.0 Å². The van der Waals surface area contributed by atoms with Gasteiger partial charge in [-0.2, -0.15) is 0 Å². The Balaban J connectivity index is 2.42. The number of imide groups is 1. The zero-order valence-corrected chi connectivity index (χ0v) is 17.4. The summed E-state index contributed by atoms with van der Waals surface area (Å²) in [6, 6.07) is 3.17. The van der Waals surface area contributed by atoms with Gasteiger partial charge in [-0.25, -0.2) is 0 Å². The lowest BCUT2D eigenvalue weighted by Crippen LogP contribution is -2.59. The molecular formula is C13H11I3N2O3. The number of halogens is 3. The van der Waals surface area contributed by atoms with E-state index in [0.29, 0.717) is 12.0 Å². The van der Waals surface area contributed by atoms with Gasteiger partial charge in [-0.15, -0.1) is 0 Å². The molecule has 0 radical (unpaired) electrons. The molecule has 0 spiro atoms. The van der Waals surface area contributed by atoms with Crippen LogP contribution in [0.5, 0.6) is 0 Å². The molecule has 1 N–H and O–H groups in total. The molecular weight excluding hydrogens is 613 g/mol. The molecule has 1 aromatic rings. The van der Waals surface area contributed by atoms with E-state index < -0.39 is 17.9 Å². The SMILES string of the molecule is CCC1C(=O)NC(=O)CN1C(=O)c1cc(I)cc(I)c1I. The zero-order chi connectivity index (χ0) is 15.7. The predicted octanol–water partition coefficient (Wildman–Crippen LogP) is 2.38.